The Morgan fingerprint density at radius 1 is 1.26 bits per heavy atom. The van der Waals surface area contributed by atoms with Crippen molar-refractivity contribution in [2.75, 3.05) is 19.0 Å². The highest BCUT2D eigenvalue weighted by Crippen LogP contribution is 2.31. The number of ether oxygens (including phenoxy) is 1. The topological polar surface area (TPSA) is 67.3 Å². The van der Waals surface area contributed by atoms with E-state index in [0.29, 0.717) is 29.3 Å². The van der Waals surface area contributed by atoms with Crippen molar-refractivity contribution in [2.24, 2.45) is 0 Å². The largest absolute Gasteiger partial charge is 0.496 e. The molecule has 0 aliphatic rings. The van der Waals surface area contributed by atoms with Crippen molar-refractivity contribution in [3.8, 4) is 5.75 Å². The number of anilines is 2. The van der Waals surface area contributed by atoms with Crippen LogP contribution in [0.3, 0.4) is 0 Å². The second-order valence-electron chi connectivity index (χ2n) is 7.24. The van der Waals surface area contributed by atoms with Gasteiger partial charge in [-0.15, -0.1) is 0 Å². The summed E-state index contributed by atoms with van der Waals surface area (Å²) in [6, 6.07) is 8.08. The third-order valence-electron chi connectivity index (χ3n) is 5.15. The quantitative estimate of drug-likeness (QED) is 0.424. The Kier molecular flexibility index (Phi) is 7.76. The van der Waals surface area contributed by atoms with E-state index in [1.54, 1.807) is 13.2 Å². The van der Waals surface area contributed by atoms with E-state index >= 15 is 0 Å². The summed E-state index contributed by atoms with van der Waals surface area (Å²) in [6.45, 7) is 5.44. The molecule has 0 fully saturated rings. The number of methoxy groups -OCH3 is 1. The van der Waals surface area contributed by atoms with Gasteiger partial charge in [0.05, 0.1) is 23.7 Å². The molecule has 3 aromatic rings. The molecule has 0 bridgehead atoms. The average Bonchev–Trinajstić information content (AvgIpc) is 2.77. The normalized spacial score (nSPS) is 12.2. The number of nitrogens with one attached hydrogen (secondary N) is 1. The minimum absolute atomic E-state index is 0.0281. The van der Waals surface area contributed by atoms with Gasteiger partial charge in [0.25, 0.3) is 0 Å². The van der Waals surface area contributed by atoms with Gasteiger partial charge in [-0.3, -0.25) is 4.90 Å². The van der Waals surface area contributed by atoms with Crippen LogP contribution in [0.4, 0.5) is 15.9 Å². The highest BCUT2D eigenvalue weighted by molar-refractivity contribution is 6.31. The first-order valence-electron chi connectivity index (χ1n) is 10.2. The molecule has 2 aromatic carbocycles. The van der Waals surface area contributed by atoms with Crippen LogP contribution in [-0.2, 0) is 11.3 Å². The summed E-state index contributed by atoms with van der Waals surface area (Å²) < 4.78 is 19.1. The molecule has 3 rings (SSSR count). The third-order valence-corrected chi connectivity index (χ3v) is 5.44. The van der Waals surface area contributed by atoms with E-state index in [9.17, 15) is 9.18 Å². The van der Waals surface area contributed by atoms with Crippen molar-refractivity contribution in [3.05, 3.63) is 53.1 Å². The maximum absolute atomic E-state index is 13.5. The van der Waals surface area contributed by atoms with Gasteiger partial charge in [-0.25, -0.2) is 14.4 Å². The zero-order valence-corrected chi connectivity index (χ0v) is 18.6. The smallest absolute Gasteiger partial charge is 0.141 e. The van der Waals surface area contributed by atoms with Crippen LogP contribution in [0.25, 0.3) is 10.9 Å². The molecule has 0 radical (unpaired) electrons. The van der Waals surface area contributed by atoms with E-state index in [1.807, 2.05) is 19.1 Å². The first-order chi connectivity index (χ1) is 15.0. The lowest BCUT2D eigenvalue weighted by Crippen LogP contribution is -2.36. The zero-order chi connectivity index (χ0) is 22.4. The Morgan fingerprint density at radius 2 is 2.06 bits per heavy atom. The molecule has 1 atom stereocenters. The maximum atomic E-state index is 13.5. The number of hydrogen-bond donors (Lipinski definition) is 1. The standard InChI is InChI=1S/C23H26ClFN4O2/c1-4-8-29(17(5-2)13-30)12-15-9-18-21(11-22(15)31-3)26-14-27-23(18)28-16-6-7-20(25)19(24)10-16/h6-7,9-11,13-14,17H,4-5,8,12H2,1-3H3,(H,26,27,28)/t17-/m1/s1. The molecule has 0 unspecified atom stereocenters. The molecular weight excluding hydrogens is 419 g/mol. The van der Waals surface area contributed by atoms with Crippen LogP contribution in [0.15, 0.2) is 36.7 Å². The molecular formula is C23H26ClFN4O2. The Balaban J connectivity index is 2.02. The van der Waals surface area contributed by atoms with Gasteiger partial charge >= 0.3 is 0 Å². The minimum atomic E-state index is -0.483. The zero-order valence-electron chi connectivity index (χ0n) is 17.9. The molecule has 1 heterocycles. The first-order valence-corrected chi connectivity index (χ1v) is 10.6. The van der Waals surface area contributed by atoms with Gasteiger partial charge in [-0.1, -0.05) is 25.4 Å². The summed E-state index contributed by atoms with van der Waals surface area (Å²) in [5.41, 5.74) is 2.25. The van der Waals surface area contributed by atoms with Crippen LogP contribution in [0.5, 0.6) is 5.75 Å². The molecule has 8 heteroatoms. The summed E-state index contributed by atoms with van der Waals surface area (Å²) in [7, 11) is 1.62. The van der Waals surface area contributed by atoms with Gasteiger partial charge < -0.3 is 14.8 Å². The van der Waals surface area contributed by atoms with Crippen LogP contribution >= 0.6 is 11.6 Å². The lowest BCUT2D eigenvalue weighted by Gasteiger charge is -2.27. The number of fused-ring (bicyclic) bond motifs is 1. The van der Waals surface area contributed by atoms with E-state index in [4.69, 9.17) is 16.3 Å². The minimum Gasteiger partial charge on any atom is -0.496 e. The number of aldehydes is 1. The molecule has 0 aliphatic heterocycles. The average molecular weight is 445 g/mol. The van der Waals surface area contributed by atoms with Crippen molar-refractivity contribution in [1.29, 1.82) is 0 Å². The number of rotatable bonds is 10. The summed E-state index contributed by atoms with van der Waals surface area (Å²) in [5, 5.41) is 4.01. The Hall–Kier alpha value is -2.77. The fourth-order valence-electron chi connectivity index (χ4n) is 3.56. The van der Waals surface area contributed by atoms with Gasteiger partial charge in [0.15, 0.2) is 0 Å². The van der Waals surface area contributed by atoms with Crippen molar-refractivity contribution in [1.82, 2.24) is 14.9 Å². The number of benzene rings is 2. The first kappa shape index (κ1) is 22.9. The number of carbonyl (C=O) groups is 1. The molecule has 1 N–H and O–H groups in total. The number of halogens is 2. The number of nitrogens with zero attached hydrogens (tertiary/aromatic N) is 3. The fraction of sp³-hybridized carbons (Fsp3) is 0.348. The van der Waals surface area contributed by atoms with Crippen molar-refractivity contribution < 1.29 is 13.9 Å². The van der Waals surface area contributed by atoms with Gasteiger partial charge in [-0.2, -0.15) is 0 Å². The third kappa shape index (κ3) is 5.29. The van der Waals surface area contributed by atoms with Crippen molar-refractivity contribution in [3.63, 3.8) is 0 Å². The van der Waals surface area contributed by atoms with Crippen molar-refractivity contribution in [2.45, 2.75) is 39.3 Å². The van der Waals surface area contributed by atoms with Gasteiger partial charge in [0.1, 0.15) is 30.0 Å². The molecule has 164 valence electrons. The molecule has 0 aliphatic carbocycles. The maximum Gasteiger partial charge on any atom is 0.141 e. The number of hydrogen-bond acceptors (Lipinski definition) is 6. The van der Waals surface area contributed by atoms with Crippen LogP contribution < -0.4 is 10.1 Å². The predicted molar refractivity (Wildman–Crippen MR) is 122 cm³/mol. The number of carbonyl (C=O) groups excluding carboxylic acids is 1. The van der Waals surface area contributed by atoms with Gasteiger partial charge in [0, 0.05) is 29.2 Å². The monoisotopic (exact) mass is 444 g/mol. The molecule has 0 saturated heterocycles. The summed E-state index contributed by atoms with van der Waals surface area (Å²) >= 11 is 5.91. The lowest BCUT2D eigenvalue weighted by molar-refractivity contribution is -0.112. The van der Waals surface area contributed by atoms with E-state index in [-0.39, 0.29) is 11.1 Å². The van der Waals surface area contributed by atoms with Crippen LogP contribution in [0.1, 0.15) is 32.3 Å². The summed E-state index contributed by atoms with van der Waals surface area (Å²) in [6.07, 6.45) is 4.12. The second kappa shape index (κ2) is 10.5. The summed E-state index contributed by atoms with van der Waals surface area (Å²) in [5.74, 6) is 0.785. The fourth-order valence-corrected chi connectivity index (χ4v) is 3.74. The van der Waals surface area contributed by atoms with E-state index in [2.05, 4.69) is 27.1 Å². The molecule has 0 amide bonds. The molecule has 0 spiro atoms. The Morgan fingerprint density at radius 3 is 2.71 bits per heavy atom. The number of aromatic nitrogens is 2. The van der Waals surface area contributed by atoms with Crippen molar-refractivity contribution >= 4 is 40.3 Å². The lowest BCUT2D eigenvalue weighted by atomic mass is 10.1. The highest BCUT2D eigenvalue weighted by atomic mass is 35.5. The Bertz CT molecular complexity index is 1060. The van der Waals surface area contributed by atoms with E-state index in [0.717, 1.165) is 36.6 Å². The van der Waals surface area contributed by atoms with E-state index in [1.165, 1.54) is 18.5 Å². The second-order valence-corrected chi connectivity index (χ2v) is 7.65. The summed E-state index contributed by atoms with van der Waals surface area (Å²) in [4.78, 5) is 22.4. The SMILES string of the molecule is CCCN(Cc1cc2c(Nc3ccc(F)c(Cl)c3)ncnc2cc1OC)[C@@H](C=O)CC. The van der Waals surface area contributed by atoms with Crippen LogP contribution in [-0.4, -0.2) is 40.9 Å². The molecule has 0 saturated carbocycles. The predicted octanol–water partition coefficient (Wildman–Crippen LogP) is 5.36. The Labute approximate surface area is 186 Å². The van der Waals surface area contributed by atoms with Gasteiger partial charge in [-0.05, 0) is 43.7 Å². The van der Waals surface area contributed by atoms with Crippen LogP contribution in [0.2, 0.25) is 5.02 Å². The molecule has 6 nitrogen and oxygen atoms in total. The van der Waals surface area contributed by atoms with E-state index < -0.39 is 5.82 Å². The molecule has 31 heavy (non-hydrogen) atoms. The van der Waals surface area contributed by atoms with Gasteiger partial charge in [0.2, 0.25) is 0 Å². The van der Waals surface area contributed by atoms with Crippen LogP contribution in [0, 0.1) is 5.82 Å². The highest BCUT2D eigenvalue weighted by Gasteiger charge is 2.19. The molecule has 1 aromatic heterocycles.